The van der Waals surface area contributed by atoms with E-state index in [2.05, 4.69) is 10.5 Å². The number of hydrogen-bond donors (Lipinski definition) is 1. The van der Waals surface area contributed by atoms with Crippen LogP contribution in [0.15, 0.2) is 88.9 Å². The molecule has 176 valence electrons. The maximum Gasteiger partial charge on any atom is 0.264 e. The van der Waals surface area contributed by atoms with Crippen molar-refractivity contribution in [2.75, 3.05) is 22.4 Å². The summed E-state index contributed by atoms with van der Waals surface area (Å²) in [5, 5.41) is 4.32. The van der Waals surface area contributed by atoms with Crippen LogP contribution in [0.25, 0.3) is 0 Å². The first-order valence-corrected chi connectivity index (χ1v) is 13.4. The number of hydrogen-bond acceptors (Lipinski definition) is 6. The minimum Gasteiger partial charge on any atom is -0.489 e. The van der Waals surface area contributed by atoms with Gasteiger partial charge in [0.15, 0.2) is 0 Å². The van der Waals surface area contributed by atoms with Gasteiger partial charge in [-0.05, 0) is 60.2 Å². The molecule has 1 aliphatic rings. The third-order valence-electron chi connectivity index (χ3n) is 4.91. The molecular weight excluding hydrogens is 494 g/mol. The first-order chi connectivity index (χ1) is 16.4. The minimum absolute atomic E-state index is 0.0640. The number of benzene rings is 3. The van der Waals surface area contributed by atoms with Crippen LogP contribution in [-0.2, 0) is 14.8 Å². The highest BCUT2D eigenvalue weighted by atomic mass is 35.5. The molecule has 0 aromatic heterocycles. The quantitative estimate of drug-likeness (QED) is 0.341. The molecule has 1 heterocycles. The third kappa shape index (κ3) is 6.11. The number of carbonyl (C=O) groups is 1. The number of amides is 1. The molecule has 1 fully saturated rings. The van der Waals surface area contributed by atoms with Gasteiger partial charge in [0.05, 0.1) is 16.8 Å². The van der Waals surface area contributed by atoms with Crippen LogP contribution in [0, 0.1) is 0 Å². The SMILES string of the molecule is O=C(CN(c1cccc(Cl)c1)S(=O)(=O)c1ccccc1)NN=Cc1ccc(OC2CSC2)cc1. The summed E-state index contributed by atoms with van der Waals surface area (Å²) in [6.45, 7) is -0.471. The monoisotopic (exact) mass is 515 g/mol. The molecule has 0 saturated carbocycles. The largest absolute Gasteiger partial charge is 0.489 e. The maximum absolute atomic E-state index is 13.3. The van der Waals surface area contributed by atoms with Crippen LogP contribution in [0.1, 0.15) is 5.56 Å². The molecule has 1 saturated heterocycles. The van der Waals surface area contributed by atoms with Gasteiger partial charge >= 0.3 is 0 Å². The second kappa shape index (κ2) is 10.9. The van der Waals surface area contributed by atoms with Gasteiger partial charge in [-0.25, -0.2) is 13.8 Å². The number of nitrogens with one attached hydrogen (secondary N) is 1. The van der Waals surface area contributed by atoms with Gasteiger partial charge in [-0.15, -0.1) is 0 Å². The molecule has 1 N–H and O–H groups in total. The van der Waals surface area contributed by atoms with Gasteiger partial charge < -0.3 is 4.74 Å². The van der Waals surface area contributed by atoms with E-state index in [9.17, 15) is 13.2 Å². The van der Waals surface area contributed by atoms with Crippen molar-refractivity contribution in [3.63, 3.8) is 0 Å². The molecule has 0 unspecified atom stereocenters. The average molecular weight is 516 g/mol. The summed E-state index contributed by atoms with van der Waals surface area (Å²) in [5.41, 5.74) is 3.43. The van der Waals surface area contributed by atoms with Crippen molar-refractivity contribution in [1.29, 1.82) is 0 Å². The van der Waals surface area contributed by atoms with Crippen LogP contribution in [0.2, 0.25) is 5.02 Å². The molecule has 34 heavy (non-hydrogen) atoms. The van der Waals surface area contributed by atoms with E-state index in [1.807, 2.05) is 36.0 Å². The van der Waals surface area contributed by atoms with Gasteiger partial charge in [-0.2, -0.15) is 16.9 Å². The van der Waals surface area contributed by atoms with Gasteiger partial charge in [0.2, 0.25) is 0 Å². The molecule has 7 nitrogen and oxygen atoms in total. The number of rotatable bonds is 9. The zero-order valence-corrected chi connectivity index (χ0v) is 20.4. The fourth-order valence-corrected chi connectivity index (χ4v) is 5.30. The second-order valence-corrected chi connectivity index (χ2v) is 10.8. The number of nitrogens with zero attached hydrogens (tertiary/aromatic N) is 2. The molecule has 10 heteroatoms. The summed E-state index contributed by atoms with van der Waals surface area (Å²) in [5.74, 6) is 2.19. The molecule has 0 radical (unpaired) electrons. The van der Waals surface area contributed by atoms with Crippen LogP contribution < -0.4 is 14.5 Å². The summed E-state index contributed by atoms with van der Waals surface area (Å²) < 4.78 is 33.3. The van der Waals surface area contributed by atoms with Crippen molar-refractivity contribution in [1.82, 2.24) is 5.43 Å². The normalized spacial score (nSPS) is 13.9. The van der Waals surface area contributed by atoms with E-state index >= 15 is 0 Å². The van der Waals surface area contributed by atoms with Gasteiger partial charge in [-0.1, -0.05) is 35.9 Å². The van der Waals surface area contributed by atoms with Crippen LogP contribution in [0.5, 0.6) is 5.75 Å². The third-order valence-corrected chi connectivity index (χ3v) is 8.15. The Labute approximate surface area is 207 Å². The molecule has 0 aliphatic carbocycles. The highest BCUT2D eigenvalue weighted by molar-refractivity contribution is 8.00. The van der Waals surface area contributed by atoms with E-state index in [1.54, 1.807) is 36.4 Å². The number of carbonyl (C=O) groups excluding carboxylic acids is 1. The molecule has 4 rings (SSSR count). The summed E-state index contributed by atoms with van der Waals surface area (Å²) in [7, 11) is -4.01. The number of hydrazone groups is 1. The second-order valence-electron chi connectivity index (χ2n) is 7.44. The smallest absolute Gasteiger partial charge is 0.264 e. The van der Waals surface area contributed by atoms with E-state index in [0.29, 0.717) is 5.02 Å². The first-order valence-electron chi connectivity index (χ1n) is 10.4. The Morgan fingerprint density at radius 3 is 2.47 bits per heavy atom. The van der Waals surface area contributed by atoms with Crippen molar-refractivity contribution in [2.45, 2.75) is 11.0 Å². The fourth-order valence-electron chi connectivity index (χ4n) is 3.12. The van der Waals surface area contributed by atoms with Crippen molar-refractivity contribution < 1.29 is 17.9 Å². The summed E-state index contributed by atoms with van der Waals surface area (Å²) in [4.78, 5) is 12.7. The van der Waals surface area contributed by atoms with Crippen molar-refractivity contribution in [3.8, 4) is 5.75 Å². The zero-order valence-electron chi connectivity index (χ0n) is 18.0. The lowest BCUT2D eigenvalue weighted by Crippen LogP contribution is -2.39. The lowest BCUT2D eigenvalue weighted by molar-refractivity contribution is -0.119. The Kier molecular flexibility index (Phi) is 7.77. The van der Waals surface area contributed by atoms with Gasteiger partial charge in [-0.3, -0.25) is 9.10 Å². The van der Waals surface area contributed by atoms with E-state index in [1.165, 1.54) is 24.4 Å². The standard InChI is InChI=1S/C24H22ClN3O4S2/c25-19-5-4-6-20(13-19)28(34(30,31)23-7-2-1-3-8-23)15-24(29)27-26-14-18-9-11-21(12-10-18)32-22-16-33-17-22/h1-14,22H,15-17H2,(H,27,29). The average Bonchev–Trinajstić information content (AvgIpc) is 2.81. The Morgan fingerprint density at radius 1 is 1.09 bits per heavy atom. The Morgan fingerprint density at radius 2 is 1.82 bits per heavy atom. The highest BCUT2D eigenvalue weighted by Crippen LogP contribution is 2.26. The van der Waals surface area contributed by atoms with Crippen LogP contribution >= 0.6 is 23.4 Å². The van der Waals surface area contributed by atoms with E-state index in [4.69, 9.17) is 16.3 Å². The minimum atomic E-state index is -4.01. The Balaban J connectivity index is 1.44. The summed E-state index contributed by atoms with van der Waals surface area (Å²) in [6.07, 6.45) is 1.74. The van der Waals surface area contributed by atoms with E-state index < -0.39 is 22.5 Å². The van der Waals surface area contributed by atoms with E-state index in [0.717, 1.165) is 27.1 Å². The van der Waals surface area contributed by atoms with E-state index in [-0.39, 0.29) is 16.7 Å². The predicted octanol–water partition coefficient (Wildman–Crippen LogP) is 4.18. The molecule has 1 amide bonds. The van der Waals surface area contributed by atoms with Crippen molar-refractivity contribution in [2.24, 2.45) is 5.10 Å². The van der Waals surface area contributed by atoms with Gasteiger partial charge in [0, 0.05) is 16.5 Å². The number of halogens is 1. The maximum atomic E-state index is 13.3. The Hall–Kier alpha value is -3.01. The Bertz CT molecular complexity index is 1260. The van der Waals surface area contributed by atoms with Crippen molar-refractivity contribution in [3.05, 3.63) is 89.4 Å². The van der Waals surface area contributed by atoms with Crippen LogP contribution in [0.4, 0.5) is 5.69 Å². The van der Waals surface area contributed by atoms with Crippen LogP contribution in [-0.4, -0.2) is 44.7 Å². The molecule has 1 aliphatic heterocycles. The fraction of sp³-hybridized carbons (Fsp3) is 0.167. The lowest BCUT2D eigenvalue weighted by Gasteiger charge is -2.25. The predicted molar refractivity (Wildman–Crippen MR) is 136 cm³/mol. The van der Waals surface area contributed by atoms with Crippen molar-refractivity contribution >= 4 is 51.2 Å². The number of sulfonamides is 1. The number of thioether (sulfide) groups is 1. The molecule has 3 aromatic carbocycles. The molecule has 0 spiro atoms. The first kappa shape index (κ1) is 24.1. The lowest BCUT2D eigenvalue weighted by atomic mass is 10.2. The summed E-state index contributed by atoms with van der Waals surface area (Å²) in [6, 6.07) is 21.6. The molecule has 0 atom stereocenters. The molecular formula is C24H22ClN3O4S2. The highest BCUT2D eigenvalue weighted by Gasteiger charge is 2.27. The van der Waals surface area contributed by atoms with Gasteiger partial charge in [0.1, 0.15) is 18.4 Å². The van der Waals surface area contributed by atoms with Crippen LogP contribution in [0.3, 0.4) is 0 Å². The van der Waals surface area contributed by atoms with Gasteiger partial charge in [0.25, 0.3) is 15.9 Å². The molecule has 3 aromatic rings. The zero-order chi connectivity index (χ0) is 24.0. The topological polar surface area (TPSA) is 88.1 Å². The number of anilines is 1. The molecule has 0 bridgehead atoms. The summed E-state index contributed by atoms with van der Waals surface area (Å²) >= 11 is 7.92. The number of ether oxygens (including phenoxy) is 1.